The quantitative estimate of drug-likeness (QED) is 0.747. The number of benzene rings is 1. The zero-order valence-corrected chi connectivity index (χ0v) is 15.7. The lowest BCUT2D eigenvalue weighted by Crippen LogP contribution is -2.57. The first-order valence-electron chi connectivity index (χ1n) is 9.40. The lowest BCUT2D eigenvalue weighted by atomic mass is 9.84. The molecule has 0 unspecified atom stereocenters. The van der Waals surface area contributed by atoms with E-state index in [2.05, 4.69) is 15.2 Å². The highest BCUT2D eigenvalue weighted by Crippen LogP contribution is 2.34. The second kappa shape index (κ2) is 6.94. The molecule has 0 spiro atoms. The van der Waals surface area contributed by atoms with Crippen molar-refractivity contribution in [3.63, 3.8) is 0 Å². The summed E-state index contributed by atoms with van der Waals surface area (Å²) >= 11 is 1.59. The lowest BCUT2D eigenvalue weighted by molar-refractivity contribution is 0.0606. The molecule has 27 heavy (non-hydrogen) atoms. The number of rotatable bonds is 4. The normalized spacial score (nSPS) is 24.1. The van der Waals surface area contributed by atoms with E-state index in [1.54, 1.807) is 23.6 Å². The zero-order valence-electron chi connectivity index (χ0n) is 14.9. The summed E-state index contributed by atoms with van der Waals surface area (Å²) in [4.78, 5) is 19.6. The largest absolute Gasteiger partial charge is 0.451 e. The molecule has 3 saturated heterocycles. The van der Waals surface area contributed by atoms with Crippen LogP contribution in [0.5, 0.6) is 0 Å². The van der Waals surface area contributed by atoms with Gasteiger partial charge in [0.2, 0.25) is 0 Å². The van der Waals surface area contributed by atoms with E-state index in [-0.39, 0.29) is 11.9 Å². The van der Waals surface area contributed by atoms with E-state index in [0.29, 0.717) is 17.4 Å². The van der Waals surface area contributed by atoms with Gasteiger partial charge in [-0.1, -0.05) is 24.3 Å². The second-order valence-corrected chi connectivity index (χ2v) is 8.16. The van der Waals surface area contributed by atoms with Gasteiger partial charge in [-0.05, 0) is 44.0 Å². The van der Waals surface area contributed by atoms with Crippen LogP contribution in [0, 0.1) is 5.92 Å². The van der Waals surface area contributed by atoms with E-state index in [9.17, 15) is 4.79 Å². The number of furan rings is 1. The molecule has 0 aliphatic carbocycles. The number of carbonyl (C=O) groups excluding carboxylic acids is 1. The molecule has 1 N–H and O–H groups in total. The number of fused-ring (bicyclic) bond motifs is 3. The Kier molecular flexibility index (Phi) is 4.30. The topological polar surface area (TPSA) is 58.4 Å². The van der Waals surface area contributed by atoms with Gasteiger partial charge in [-0.2, -0.15) is 0 Å². The number of hydrogen-bond donors (Lipinski definition) is 1. The Bertz CT molecular complexity index is 942. The van der Waals surface area contributed by atoms with Crippen LogP contribution >= 0.6 is 11.3 Å². The molecule has 5 heterocycles. The third-order valence-electron chi connectivity index (χ3n) is 5.66. The van der Waals surface area contributed by atoms with Gasteiger partial charge in [0, 0.05) is 35.3 Å². The van der Waals surface area contributed by atoms with Gasteiger partial charge in [0.15, 0.2) is 5.76 Å². The number of amides is 1. The summed E-state index contributed by atoms with van der Waals surface area (Å²) in [6.07, 6.45) is 4.15. The highest BCUT2D eigenvalue weighted by Gasteiger charge is 2.35. The molecule has 6 rings (SSSR count). The van der Waals surface area contributed by atoms with Gasteiger partial charge in [0.25, 0.3) is 5.91 Å². The molecule has 5 nitrogen and oxygen atoms in total. The minimum Gasteiger partial charge on any atom is -0.451 e. The fraction of sp³-hybridized carbons (Fsp3) is 0.333. The van der Waals surface area contributed by atoms with Gasteiger partial charge >= 0.3 is 0 Å². The number of thiazole rings is 1. The highest BCUT2D eigenvalue weighted by atomic mass is 32.1. The van der Waals surface area contributed by atoms with Crippen LogP contribution in [0.15, 0.2) is 52.4 Å². The van der Waals surface area contributed by atoms with Gasteiger partial charge in [-0.25, -0.2) is 4.98 Å². The molecule has 3 fully saturated rings. The van der Waals surface area contributed by atoms with E-state index >= 15 is 0 Å². The summed E-state index contributed by atoms with van der Waals surface area (Å²) in [5.74, 6) is 1.54. The van der Waals surface area contributed by atoms with Crippen molar-refractivity contribution in [3.8, 4) is 21.9 Å². The SMILES string of the molecule is O=C(N[C@H]1CN2CCC1CC2)c1ccc(-c2ccccc2-c2nccs2)o1. The number of piperidine rings is 3. The summed E-state index contributed by atoms with van der Waals surface area (Å²) in [5, 5.41) is 6.09. The van der Waals surface area contributed by atoms with Crippen LogP contribution in [-0.2, 0) is 0 Å². The Morgan fingerprint density at radius 1 is 1.15 bits per heavy atom. The first kappa shape index (κ1) is 16.7. The molecule has 1 atom stereocenters. The molecule has 2 bridgehead atoms. The molecule has 3 aromatic rings. The number of hydrogen-bond acceptors (Lipinski definition) is 5. The van der Waals surface area contributed by atoms with Crippen molar-refractivity contribution in [1.29, 1.82) is 0 Å². The second-order valence-electron chi connectivity index (χ2n) is 7.26. The van der Waals surface area contributed by atoms with Gasteiger partial charge < -0.3 is 14.6 Å². The molecule has 1 aromatic carbocycles. The molecule has 1 amide bonds. The van der Waals surface area contributed by atoms with Crippen molar-refractivity contribution >= 4 is 17.2 Å². The minimum atomic E-state index is -0.119. The summed E-state index contributed by atoms with van der Waals surface area (Å²) in [6.45, 7) is 3.28. The van der Waals surface area contributed by atoms with Crippen molar-refractivity contribution in [2.75, 3.05) is 19.6 Å². The van der Waals surface area contributed by atoms with E-state index in [4.69, 9.17) is 4.42 Å². The fourth-order valence-electron chi connectivity index (χ4n) is 4.21. The average Bonchev–Trinajstić information content (AvgIpc) is 3.41. The van der Waals surface area contributed by atoms with E-state index in [1.807, 2.05) is 35.7 Å². The molecule has 3 aliphatic heterocycles. The third kappa shape index (κ3) is 3.19. The van der Waals surface area contributed by atoms with E-state index in [0.717, 1.165) is 35.8 Å². The Balaban J connectivity index is 1.37. The molecule has 138 valence electrons. The van der Waals surface area contributed by atoms with E-state index in [1.165, 1.54) is 12.8 Å². The Morgan fingerprint density at radius 2 is 1.96 bits per heavy atom. The molecule has 2 aromatic heterocycles. The maximum absolute atomic E-state index is 12.7. The minimum absolute atomic E-state index is 0.119. The highest BCUT2D eigenvalue weighted by molar-refractivity contribution is 7.13. The molecular weight excluding hydrogens is 358 g/mol. The summed E-state index contributed by atoms with van der Waals surface area (Å²) in [6, 6.07) is 11.9. The predicted octanol–water partition coefficient (Wildman–Crippen LogP) is 3.89. The maximum Gasteiger partial charge on any atom is 0.287 e. The standard InChI is InChI=1S/C21H21N3O2S/c25-20(23-17-13-24-10-7-14(17)8-11-24)19-6-5-18(26-19)15-3-1-2-4-16(15)21-22-9-12-27-21/h1-6,9,12,14,17H,7-8,10-11,13H2,(H,23,25)/t17-/m0/s1. The summed E-state index contributed by atoms with van der Waals surface area (Å²) in [7, 11) is 0. The van der Waals surface area contributed by atoms with Gasteiger partial charge in [-0.15, -0.1) is 11.3 Å². The van der Waals surface area contributed by atoms with Crippen molar-refractivity contribution in [1.82, 2.24) is 15.2 Å². The van der Waals surface area contributed by atoms with Crippen molar-refractivity contribution < 1.29 is 9.21 Å². The number of nitrogens with one attached hydrogen (secondary N) is 1. The molecular formula is C21H21N3O2S. The van der Waals surface area contributed by atoms with E-state index < -0.39 is 0 Å². The zero-order chi connectivity index (χ0) is 18.2. The average molecular weight is 379 g/mol. The first-order valence-corrected chi connectivity index (χ1v) is 10.3. The Morgan fingerprint density at radius 3 is 2.67 bits per heavy atom. The fourth-order valence-corrected chi connectivity index (χ4v) is 4.89. The van der Waals surface area contributed by atoms with Gasteiger partial charge in [-0.3, -0.25) is 4.79 Å². The molecule has 0 saturated carbocycles. The summed E-state index contributed by atoms with van der Waals surface area (Å²) in [5.41, 5.74) is 1.97. The Hall–Kier alpha value is -2.44. The van der Waals surface area contributed by atoms with Crippen LogP contribution in [0.25, 0.3) is 21.9 Å². The predicted molar refractivity (Wildman–Crippen MR) is 106 cm³/mol. The number of carbonyl (C=O) groups is 1. The van der Waals surface area contributed by atoms with Gasteiger partial charge in [0.1, 0.15) is 10.8 Å². The maximum atomic E-state index is 12.7. The molecule has 3 aliphatic rings. The van der Waals surface area contributed by atoms with Crippen molar-refractivity contribution in [2.45, 2.75) is 18.9 Å². The molecule has 0 radical (unpaired) electrons. The van der Waals surface area contributed by atoms with Crippen LogP contribution in [0.3, 0.4) is 0 Å². The monoisotopic (exact) mass is 379 g/mol. The lowest BCUT2D eigenvalue weighted by Gasteiger charge is -2.44. The van der Waals surface area contributed by atoms with Crippen LogP contribution in [0.1, 0.15) is 23.4 Å². The van der Waals surface area contributed by atoms with Crippen molar-refractivity contribution in [3.05, 3.63) is 53.7 Å². The van der Waals surface area contributed by atoms with Crippen LogP contribution in [0.2, 0.25) is 0 Å². The Labute approximate surface area is 162 Å². The van der Waals surface area contributed by atoms with Crippen molar-refractivity contribution in [2.24, 2.45) is 5.92 Å². The smallest absolute Gasteiger partial charge is 0.287 e. The molecule has 6 heteroatoms. The number of nitrogens with zero attached hydrogens (tertiary/aromatic N) is 2. The van der Waals surface area contributed by atoms with Crippen LogP contribution < -0.4 is 5.32 Å². The summed E-state index contributed by atoms with van der Waals surface area (Å²) < 4.78 is 5.94. The third-order valence-corrected chi connectivity index (χ3v) is 6.46. The van der Waals surface area contributed by atoms with Crippen LogP contribution in [0.4, 0.5) is 0 Å². The number of aromatic nitrogens is 1. The first-order chi connectivity index (χ1) is 13.3. The van der Waals surface area contributed by atoms with Crippen LogP contribution in [-0.4, -0.2) is 41.5 Å². The van der Waals surface area contributed by atoms with Gasteiger partial charge in [0.05, 0.1) is 0 Å².